The van der Waals surface area contributed by atoms with Crippen molar-refractivity contribution < 1.29 is 0 Å². The maximum atomic E-state index is 2.17. The third-order valence-electron chi connectivity index (χ3n) is 1.33. The van der Waals surface area contributed by atoms with E-state index in [2.05, 4.69) is 29.4 Å². The second-order valence-electron chi connectivity index (χ2n) is 2.35. The highest BCUT2D eigenvalue weighted by molar-refractivity contribution is 4.76. The Morgan fingerprint density at radius 1 is 1.25 bits per heavy atom. The van der Waals surface area contributed by atoms with E-state index in [-0.39, 0.29) is 0 Å². The summed E-state index contributed by atoms with van der Waals surface area (Å²) in [5.41, 5.74) is 0. The van der Waals surface area contributed by atoms with Gasteiger partial charge in [-0.2, -0.15) is 0 Å². The minimum Gasteiger partial charge on any atom is -0.294 e. The van der Waals surface area contributed by atoms with Crippen LogP contribution in [0.15, 0.2) is 12.4 Å². The SMILES string of the molecule is CC(C)n1ccn1C. The molecule has 0 spiro atoms. The van der Waals surface area contributed by atoms with Gasteiger partial charge in [0.1, 0.15) is 0 Å². The van der Waals surface area contributed by atoms with Crippen molar-refractivity contribution in [3.63, 3.8) is 0 Å². The molecule has 1 heterocycles. The highest BCUT2D eigenvalue weighted by Crippen LogP contribution is 2.03. The fourth-order valence-electron chi connectivity index (χ4n) is 0.813. The van der Waals surface area contributed by atoms with E-state index < -0.39 is 0 Å². The maximum absolute atomic E-state index is 2.17. The molecule has 0 amide bonds. The average molecular weight is 112 g/mol. The maximum Gasteiger partial charge on any atom is 0.0443 e. The van der Waals surface area contributed by atoms with Crippen molar-refractivity contribution in [1.29, 1.82) is 0 Å². The second-order valence-corrected chi connectivity index (χ2v) is 2.35. The summed E-state index contributed by atoms with van der Waals surface area (Å²) in [5, 5.41) is 0. The van der Waals surface area contributed by atoms with Crippen molar-refractivity contribution in [3.8, 4) is 0 Å². The van der Waals surface area contributed by atoms with Crippen molar-refractivity contribution in [2.75, 3.05) is 0 Å². The van der Waals surface area contributed by atoms with Crippen molar-refractivity contribution in [2.45, 2.75) is 19.9 Å². The Balaban J connectivity index is 2.69. The summed E-state index contributed by atoms with van der Waals surface area (Å²) < 4.78 is 4.24. The van der Waals surface area contributed by atoms with E-state index in [1.54, 1.807) is 0 Å². The molecule has 8 heavy (non-hydrogen) atoms. The van der Waals surface area contributed by atoms with Gasteiger partial charge >= 0.3 is 0 Å². The first-order valence-electron chi connectivity index (χ1n) is 2.91. The monoisotopic (exact) mass is 112 g/mol. The first kappa shape index (κ1) is 5.48. The van der Waals surface area contributed by atoms with E-state index in [0.717, 1.165) is 0 Å². The van der Waals surface area contributed by atoms with E-state index in [1.807, 2.05) is 13.2 Å². The van der Waals surface area contributed by atoms with Crippen LogP contribution in [0, 0.1) is 0 Å². The molecule has 0 aliphatic rings. The van der Waals surface area contributed by atoms with Crippen LogP contribution in [0.2, 0.25) is 0 Å². The summed E-state index contributed by atoms with van der Waals surface area (Å²) in [4.78, 5) is 0. The standard InChI is InChI=1S/C6H12N2/c1-6(2)8-5-4-7(8)3/h4-6H,1-3H3. The molecule has 0 aliphatic carbocycles. The molecular weight excluding hydrogens is 100 g/mol. The Hall–Kier alpha value is -0.660. The molecule has 0 unspecified atom stereocenters. The minimum atomic E-state index is 0.602. The zero-order valence-electron chi connectivity index (χ0n) is 5.63. The lowest BCUT2D eigenvalue weighted by Gasteiger charge is -2.20. The molecule has 1 rings (SSSR count). The van der Waals surface area contributed by atoms with E-state index in [4.69, 9.17) is 0 Å². The lowest BCUT2D eigenvalue weighted by atomic mass is 10.4. The predicted molar refractivity (Wildman–Crippen MR) is 33.8 cm³/mol. The van der Waals surface area contributed by atoms with Gasteiger partial charge in [-0.05, 0) is 13.8 Å². The molecule has 46 valence electrons. The van der Waals surface area contributed by atoms with Crippen LogP contribution < -0.4 is 0 Å². The van der Waals surface area contributed by atoms with E-state index in [9.17, 15) is 0 Å². The molecule has 0 saturated carbocycles. The van der Waals surface area contributed by atoms with Gasteiger partial charge in [-0.25, -0.2) is 0 Å². The van der Waals surface area contributed by atoms with Gasteiger partial charge in [0.15, 0.2) is 0 Å². The summed E-state index contributed by atoms with van der Waals surface area (Å²) >= 11 is 0. The second kappa shape index (κ2) is 1.69. The topological polar surface area (TPSA) is 9.86 Å². The van der Waals surface area contributed by atoms with Gasteiger partial charge in [0.25, 0.3) is 0 Å². The quantitative estimate of drug-likeness (QED) is 0.520. The van der Waals surface area contributed by atoms with Gasteiger partial charge in [0.05, 0.1) is 0 Å². The predicted octanol–water partition coefficient (Wildman–Crippen LogP) is 1.41. The molecule has 0 fully saturated rings. The fourth-order valence-corrected chi connectivity index (χ4v) is 0.813. The van der Waals surface area contributed by atoms with Gasteiger partial charge in [0.2, 0.25) is 0 Å². The van der Waals surface area contributed by atoms with Gasteiger partial charge in [-0.1, -0.05) is 0 Å². The molecule has 0 aliphatic heterocycles. The molecule has 0 N–H and O–H groups in total. The van der Waals surface area contributed by atoms with Gasteiger partial charge in [0, 0.05) is 25.5 Å². The average Bonchev–Trinajstić information content (AvgIpc) is 1.61. The van der Waals surface area contributed by atoms with Crippen molar-refractivity contribution in [1.82, 2.24) is 9.36 Å². The van der Waals surface area contributed by atoms with Crippen LogP contribution >= 0.6 is 0 Å². The molecule has 0 saturated heterocycles. The van der Waals surface area contributed by atoms with Crippen LogP contribution in [-0.2, 0) is 7.05 Å². The number of aromatic nitrogens is 2. The molecule has 1 aromatic rings. The van der Waals surface area contributed by atoms with Crippen molar-refractivity contribution in [2.24, 2.45) is 7.05 Å². The first-order valence-corrected chi connectivity index (χ1v) is 2.91. The van der Waals surface area contributed by atoms with Crippen LogP contribution in [0.3, 0.4) is 0 Å². The molecule has 0 aromatic carbocycles. The zero-order chi connectivity index (χ0) is 6.15. The summed E-state index contributed by atoms with van der Waals surface area (Å²) in [6.45, 7) is 4.33. The molecule has 2 heteroatoms. The summed E-state index contributed by atoms with van der Waals surface area (Å²) in [7, 11) is 2.04. The third-order valence-corrected chi connectivity index (χ3v) is 1.33. The number of hydrogen-bond acceptors (Lipinski definition) is 0. The fraction of sp³-hybridized carbons (Fsp3) is 0.667. The van der Waals surface area contributed by atoms with E-state index in [1.165, 1.54) is 0 Å². The molecule has 0 radical (unpaired) electrons. The Kier molecular flexibility index (Phi) is 1.16. The summed E-state index contributed by atoms with van der Waals surface area (Å²) in [6, 6.07) is 0.602. The van der Waals surface area contributed by atoms with Gasteiger partial charge in [-0.15, -0.1) is 0 Å². The smallest absolute Gasteiger partial charge is 0.0443 e. The normalized spacial score (nSPS) is 11.0. The van der Waals surface area contributed by atoms with Crippen LogP contribution in [0.5, 0.6) is 0 Å². The highest BCUT2D eigenvalue weighted by atomic mass is 15.4. The number of hydrogen-bond donors (Lipinski definition) is 0. The minimum absolute atomic E-state index is 0.602. The van der Waals surface area contributed by atoms with Crippen molar-refractivity contribution >= 4 is 0 Å². The van der Waals surface area contributed by atoms with Crippen LogP contribution in [0.4, 0.5) is 0 Å². The van der Waals surface area contributed by atoms with E-state index in [0.29, 0.717) is 6.04 Å². The van der Waals surface area contributed by atoms with Gasteiger partial charge in [-0.3, -0.25) is 9.36 Å². The molecular formula is C6H12N2. The number of nitrogens with zero attached hydrogens (tertiary/aromatic N) is 2. The van der Waals surface area contributed by atoms with Gasteiger partial charge < -0.3 is 0 Å². The molecule has 1 aromatic heterocycles. The zero-order valence-corrected chi connectivity index (χ0v) is 5.63. The Bertz CT molecular complexity index is 160. The summed E-state index contributed by atoms with van der Waals surface area (Å²) in [6.07, 6.45) is 4.12. The Morgan fingerprint density at radius 3 is 1.88 bits per heavy atom. The Morgan fingerprint density at radius 2 is 1.88 bits per heavy atom. The van der Waals surface area contributed by atoms with Crippen LogP contribution in [0.1, 0.15) is 19.9 Å². The lowest BCUT2D eigenvalue weighted by Crippen LogP contribution is -2.18. The van der Waals surface area contributed by atoms with E-state index >= 15 is 0 Å². The number of rotatable bonds is 1. The highest BCUT2D eigenvalue weighted by Gasteiger charge is 1.97. The molecule has 0 bridgehead atoms. The first-order chi connectivity index (χ1) is 3.72. The third kappa shape index (κ3) is 0.661. The largest absolute Gasteiger partial charge is 0.294 e. The lowest BCUT2D eigenvalue weighted by molar-refractivity contribution is 0.404. The van der Waals surface area contributed by atoms with Crippen molar-refractivity contribution in [3.05, 3.63) is 12.4 Å². The molecule has 2 nitrogen and oxygen atoms in total. The van der Waals surface area contributed by atoms with Crippen LogP contribution in [-0.4, -0.2) is 9.36 Å². The molecule has 0 atom stereocenters. The Labute approximate surface area is 49.7 Å². The van der Waals surface area contributed by atoms with Crippen LogP contribution in [0.25, 0.3) is 0 Å². The summed E-state index contributed by atoms with van der Waals surface area (Å²) in [5.74, 6) is 0. The number of aryl methyl sites for hydroxylation is 1.